The van der Waals surface area contributed by atoms with Gasteiger partial charge < -0.3 is 9.84 Å². The van der Waals surface area contributed by atoms with Crippen LogP contribution in [0.5, 0.6) is 5.75 Å². The van der Waals surface area contributed by atoms with Gasteiger partial charge in [0.15, 0.2) is 0 Å². The van der Waals surface area contributed by atoms with Gasteiger partial charge in [0, 0.05) is 0 Å². The van der Waals surface area contributed by atoms with E-state index in [1.165, 1.54) is 36.8 Å². The SMILES string of the molecule is COc1cc(C)c2c(c1)CC[C@@H]1[C@H]2CC[C@@]2(C)[C@H]1CC[C@]2(C)O. The Kier molecular flexibility index (Phi) is 3.36. The summed E-state index contributed by atoms with van der Waals surface area (Å²) >= 11 is 0. The number of ether oxygens (including phenoxy) is 1. The third-order valence-electron chi connectivity index (χ3n) is 7.80. The van der Waals surface area contributed by atoms with Crippen LogP contribution in [0.3, 0.4) is 0 Å². The van der Waals surface area contributed by atoms with Gasteiger partial charge in [-0.2, -0.15) is 0 Å². The molecular formula is C21H30O2. The largest absolute Gasteiger partial charge is 0.497 e. The lowest BCUT2D eigenvalue weighted by Crippen LogP contribution is -2.49. The van der Waals surface area contributed by atoms with Gasteiger partial charge in [-0.1, -0.05) is 6.92 Å². The van der Waals surface area contributed by atoms with Crippen molar-refractivity contribution in [2.75, 3.05) is 7.11 Å². The van der Waals surface area contributed by atoms with E-state index in [4.69, 9.17) is 4.74 Å². The van der Waals surface area contributed by atoms with E-state index in [1.807, 2.05) is 0 Å². The summed E-state index contributed by atoms with van der Waals surface area (Å²) in [6.45, 7) is 6.69. The molecule has 2 heteroatoms. The Morgan fingerprint density at radius 1 is 1.13 bits per heavy atom. The van der Waals surface area contributed by atoms with Crippen molar-refractivity contribution >= 4 is 0 Å². The molecule has 0 spiro atoms. The average molecular weight is 314 g/mol. The van der Waals surface area contributed by atoms with Crippen molar-refractivity contribution in [1.29, 1.82) is 0 Å². The molecule has 2 nitrogen and oxygen atoms in total. The highest BCUT2D eigenvalue weighted by molar-refractivity contribution is 5.46. The van der Waals surface area contributed by atoms with Crippen LogP contribution in [0.2, 0.25) is 0 Å². The van der Waals surface area contributed by atoms with Crippen LogP contribution in [0.1, 0.15) is 68.6 Å². The van der Waals surface area contributed by atoms with Crippen molar-refractivity contribution in [3.05, 3.63) is 28.8 Å². The Balaban J connectivity index is 1.73. The fourth-order valence-electron chi connectivity index (χ4n) is 6.30. The van der Waals surface area contributed by atoms with E-state index in [0.717, 1.165) is 24.5 Å². The van der Waals surface area contributed by atoms with E-state index >= 15 is 0 Å². The first-order valence-electron chi connectivity index (χ1n) is 9.27. The van der Waals surface area contributed by atoms with Crippen LogP contribution >= 0.6 is 0 Å². The van der Waals surface area contributed by atoms with Crippen molar-refractivity contribution in [2.24, 2.45) is 17.3 Å². The minimum atomic E-state index is -0.474. The highest BCUT2D eigenvalue weighted by Gasteiger charge is 2.59. The van der Waals surface area contributed by atoms with E-state index in [9.17, 15) is 5.11 Å². The first kappa shape index (κ1) is 15.5. The van der Waals surface area contributed by atoms with E-state index in [2.05, 4.69) is 32.9 Å². The molecular weight excluding hydrogens is 284 g/mol. The van der Waals surface area contributed by atoms with Gasteiger partial charge in [-0.15, -0.1) is 0 Å². The smallest absolute Gasteiger partial charge is 0.119 e. The van der Waals surface area contributed by atoms with Gasteiger partial charge in [0.05, 0.1) is 12.7 Å². The van der Waals surface area contributed by atoms with Gasteiger partial charge in [-0.3, -0.25) is 0 Å². The number of methoxy groups -OCH3 is 1. The summed E-state index contributed by atoms with van der Waals surface area (Å²) < 4.78 is 5.48. The molecule has 0 heterocycles. The summed E-state index contributed by atoms with van der Waals surface area (Å²) in [5.74, 6) is 3.13. The zero-order chi connectivity index (χ0) is 16.4. The number of aliphatic hydroxyl groups is 1. The Morgan fingerprint density at radius 2 is 1.91 bits per heavy atom. The zero-order valence-corrected chi connectivity index (χ0v) is 15.0. The predicted molar refractivity (Wildman–Crippen MR) is 93.0 cm³/mol. The molecule has 0 aliphatic heterocycles. The van der Waals surface area contributed by atoms with E-state index in [0.29, 0.717) is 11.8 Å². The second-order valence-corrected chi connectivity index (χ2v) is 8.70. The standard InChI is InChI=1S/C21H30O2/c1-13-11-15(23-4)12-14-5-6-16-17(19(13)14)7-9-20(2)18(16)8-10-21(20,3)22/h11-12,16-18,22H,5-10H2,1-4H3/t16-,17-,18+,20+,21+/m1/s1. The minimum absolute atomic E-state index is 0.117. The van der Waals surface area contributed by atoms with Crippen LogP contribution in [0, 0.1) is 24.2 Å². The fraction of sp³-hybridized carbons (Fsp3) is 0.714. The van der Waals surface area contributed by atoms with Crippen LogP contribution in [0.15, 0.2) is 12.1 Å². The topological polar surface area (TPSA) is 29.5 Å². The van der Waals surface area contributed by atoms with Gasteiger partial charge in [0.1, 0.15) is 5.75 Å². The lowest BCUT2D eigenvalue weighted by Gasteiger charge is -2.53. The Bertz CT molecular complexity index is 633. The second kappa shape index (κ2) is 4.99. The number of hydrogen-bond acceptors (Lipinski definition) is 2. The Morgan fingerprint density at radius 3 is 2.65 bits per heavy atom. The Labute approximate surface area is 140 Å². The molecule has 3 aliphatic rings. The number of fused-ring (bicyclic) bond motifs is 5. The van der Waals surface area contributed by atoms with Crippen molar-refractivity contribution in [3.63, 3.8) is 0 Å². The summed E-state index contributed by atoms with van der Waals surface area (Å²) in [5, 5.41) is 10.9. The number of rotatable bonds is 1. The van der Waals surface area contributed by atoms with Crippen LogP contribution < -0.4 is 4.74 Å². The maximum atomic E-state index is 10.9. The molecule has 4 rings (SSSR count). The van der Waals surface area contributed by atoms with Crippen molar-refractivity contribution in [1.82, 2.24) is 0 Å². The van der Waals surface area contributed by atoms with Crippen LogP contribution in [-0.4, -0.2) is 17.8 Å². The van der Waals surface area contributed by atoms with Crippen molar-refractivity contribution in [3.8, 4) is 5.75 Å². The van der Waals surface area contributed by atoms with Crippen LogP contribution in [-0.2, 0) is 6.42 Å². The van der Waals surface area contributed by atoms with E-state index < -0.39 is 5.60 Å². The van der Waals surface area contributed by atoms with Gasteiger partial charge in [0.25, 0.3) is 0 Å². The monoisotopic (exact) mass is 314 g/mol. The number of aryl methyl sites for hydroxylation is 2. The normalized spacial score (nSPS) is 41.9. The van der Waals surface area contributed by atoms with Gasteiger partial charge >= 0.3 is 0 Å². The molecule has 5 atom stereocenters. The molecule has 0 bridgehead atoms. The predicted octanol–water partition coefficient (Wildman–Crippen LogP) is 4.61. The summed E-state index contributed by atoms with van der Waals surface area (Å²) in [6, 6.07) is 4.47. The molecule has 2 fully saturated rings. The Hall–Kier alpha value is -1.02. The first-order valence-corrected chi connectivity index (χ1v) is 9.27. The van der Waals surface area contributed by atoms with E-state index in [-0.39, 0.29) is 5.41 Å². The minimum Gasteiger partial charge on any atom is -0.497 e. The molecule has 0 amide bonds. The molecule has 2 saturated carbocycles. The van der Waals surface area contributed by atoms with Crippen molar-refractivity contribution in [2.45, 2.75) is 70.8 Å². The van der Waals surface area contributed by atoms with Gasteiger partial charge in [0.2, 0.25) is 0 Å². The lowest BCUT2D eigenvalue weighted by atomic mass is 9.53. The zero-order valence-electron chi connectivity index (χ0n) is 15.0. The molecule has 0 saturated heterocycles. The molecule has 1 aromatic rings. The number of hydrogen-bond donors (Lipinski definition) is 1. The highest BCUT2D eigenvalue weighted by atomic mass is 16.5. The molecule has 126 valence electrons. The average Bonchev–Trinajstić information content (AvgIpc) is 2.76. The molecule has 23 heavy (non-hydrogen) atoms. The number of benzene rings is 1. The summed E-state index contributed by atoms with van der Waals surface area (Å²) in [5.41, 5.74) is 4.17. The maximum absolute atomic E-state index is 10.9. The third-order valence-corrected chi connectivity index (χ3v) is 7.80. The quantitative estimate of drug-likeness (QED) is 0.820. The maximum Gasteiger partial charge on any atom is 0.119 e. The molecule has 1 N–H and O–H groups in total. The van der Waals surface area contributed by atoms with E-state index in [1.54, 1.807) is 12.7 Å². The van der Waals surface area contributed by atoms with Crippen LogP contribution in [0.4, 0.5) is 0 Å². The molecule has 0 unspecified atom stereocenters. The first-order chi connectivity index (χ1) is 10.9. The fourth-order valence-corrected chi connectivity index (χ4v) is 6.30. The highest BCUT2D eigenvalue weighted by Crippen LogP contribution is 2.64. The molecule has 0 radical (unpaired) electrons. The summed E-state index contributed by atoms with van der Waals surface area (Å²) in [6.07, 6.45) is 7.02. The summed E-state index contributed by atoms with van der Waals surface area (Å²) in [7, 11) is 1.76. The third kappa shape index (κ3) is 2.03. The van der Waals surface area contributed by atoms with Crippen LogP contribution in [0.25, 0.3) is 0 Å². The molecule has 0 aromatic heterocycles. The molecule has 1 aromatic carbocycles. The van der Waals surface area contributed by atoms with Crippen molar-refractivity contribution < 1.29 is 9.84 Å². The summed E-state index contributed by atoms with van der Waals surface area (Å²) in [4.78, 5) is 0. The van der Waals surface area contributed by atoms with Gasteiger partial charge in [-0.25, -0.2) is 0 Å². The second-order valence-electron chi connectivity index (χ2n) is 8.70. The molecule has 3 aliphatic carbocycles. The lowest BCUT2D eigenvalue weighted by molar-refractivity contribution is -0.0902. The van der Waals surface area contributed by atoms with Gasteiger partial charge in [-0.05, 0) is 104 Å².